The van der Waals surface area contributed by atoms with E-state index in [2.05, 4.69) is 22.0 Å². The number of hydrogen-bond acceptors (Lipinski definition) is 5. The summed E-state index contributed by atoms with van der Waals surface area (Å²) in [6, 6.07) is 7.74. The molecule has 106 valence electrons. The molecule has 20 heavy (non-hydrogen) atoms. The van der Waals surface area contributed by atoms with Gasteiger partial charge in [-0.15, -0.1) is 0 Å². The van der Waals surface area contributed by atoms with E-state index in [1.807, 2.05) is 24.3 Å². The lowest BCUT2D eigenvalue weighted by atomic mass is 10.2. The lowest BCUT2D eigenvalue weighted by molar-refractivity contribution is -0.00575. The van der Waals surface area contributed by atoms with Crippen LogP contribution in [0, 0.1) is 0 Å². The monoisotopic (exact) mass is 293 g/mol. The minimum Gasteiger partial charge on any atom is -0.379 e. The minimum atomic E-state index is 0.376. The summed E-state index contributed by atoms with van der Waals surface area (Å²) in [5, 5.41) is 4.73. The average Bonchev–Trinajstić information content (AvgIpc) is 2.91. The van der Waals surface area contributed by atoms with E-state index in [4.69, 9.17) is 20.9 Å². The number of halogens is 1. The molecule has 3 rings (SSSR count). The molecule has 0 unspecified atom stereocenters. The maximum Gasteiger partial charge on any atom is 0.257 e. The molecule has 6 heteroatoms. The van der Waals surface area contributed by atoms with Gasteiger partial charge < -0.3 is 9.26 Å². The van der Waals surface area contributed by atoms with Crippen LogP contribution in [0.2, 0.25) is 5.02 Å². The molecular formula is C14H16ClN3O2. The largest absolute Gasteiger partial charge is 0.379 e. The van der Waals surface area contributed by atoms with Gasteiger partial charge in [0.2, 0.25) is 0 Å². The highest BCUT2D eigenvalue weighted by Crippen LogP contribution is 2.20. The van der Waals surface area contributed by atoms with Crippen LogP contribution in [0.25, 0.3) is 11.5 Å². The molecule has 0 N–H and O–H groups in total. The number of ether oxygens (including phenoxy) is 1. The quantitative estimate of drug-likeness (QED) is 0.871. The molecule has 5 nitrogen and oxygen atoms in total. The summed E-state index contributed by atoms with van der Waals surface area (Å²) in [4.78, 5) is 6.73. The second-order valence-corrected chi connectivity index (χ2v) is 5.35. The van der Waals surface area contributed by atoms with E-state index in [0.29, 0.717) is 29.3 Å². The van der Waals surface area contributed by atoms with Crippen molar-refractivity contribution in [3.8, 4) is 11.5 Å². The zero-order valence-electron chi connectivity index (χ0n) is 11.3. The standard InChI is InChI=1S/C14H16ClN3O2/c1-10-9-19-7-6-18(10)8-13-16-14(20-17-13)11-2-4-12(15)5-3-11/h2-5,10H,6-9H2,1H3/t10-/m0/s1. The second kappa shape index (κ2) is 5.91. The topological polar surface area (TPSA) is 51.4 Å². The predicted octanol–water partition coefficient (Wildman–Crippen LogP) is 2.61. The molecule has 2 aromatic rings. The molecule has 1 aliphatic heterocycles. The van der Waals surface area contributed by atoms with Crippen LogP contribution in [0.15, 0.2) is 28.8 Å². The normalized spacial score (nSPS) is 20.2. The van der Waals surface area contributed by atoms with E-state index in [1.54, 1.807) is 0 Å². The van der Waals surface area contributed by atoms with Gasteiger partial charge >= 0.3 is 0 Å². The number of aromatic nitrogens is 2. The van der Waals surface area contributed by atoms with Crippen LogP contribution in [0.3, 0.4) is 0 Å². The van der Waals surface area contributed by atoms with Gasteiger partial charge in [-0.1, -0.05) is 16.8 Å². The molecule has 0 bridgehead atoms. The summed E-state index contributed by atoms with van der Waals surface area (Å²) in [5.74, 6) is 1.22. The van der Waals surface area contributed by atoms with Crippen molar-refractivity contribution in [3.63, 3.8) is 0 Å². The number of morpholine rings is 1. The first kappa shape index (κ1) is 13.5. The van der Waals surface area contributed by atoms with Crippen LogP contribution in [-0.2, 0) is 11.3 Å². The Morgan fingerprint density at radius 1 is 1.35 bits per heavy atom. The Morgan fingerprint density at radius 2 is 2.15 bits per heavy atom. The van der Waals surface area contributed by atoms with Crippen LogP contribution in [0.5, 0.6) is 0 Å². The maximum absolute atomic E-state index is 5.86. The zero-order chi connectivity index (χ0) is 13.9. The zero-order valence-corrected chi connectivity index (χ0v) is 12.0. The van der Waals surface area contributed by atoms with Crippen LogP contribution in [-0.4, -0.2) is 40.8 Å². The lowest BCUT2D eigenvalue weighted by Gasteiger charge is -2.31. The van der Waals surface area contributed by atoms with Crippen molar-refractivity contribution in [2.45, 2.75) is 19.5 Å². The second-order valence-electron chi connectivity index (χ2n) is 4.92. The van der Waals surface area contributed by atoms with Gasteiger partial charge in [0.15, 0.2) is 5.82 Å². The molecule has 1 aromatic heterocycles. The lowest BCUT2D eigenvalue weighted by Crippen LogP contribution is -2.43. The van der Waals surface area contributed by atoms with Gasteiger partial charge in [0, 0.05) is 23.2 Å². The first-order chi connectivity index (χ1) is 9.72. The van der Waals surface area contributed by atoms with Gasteiger partial charge in [0.1, 0.15) is 0 Å². The van der Waals surface area contributed by atoms with E-state index < -0.39 is 0 Å². The van der Waals surface area contributed by atoms with Crippen molar-refractivity contribution in [2.75, 3.05) is 19.8 Å². The van der Waals surface area contributed by atoms with Gasteiger partial charge in [0.05, 0.1) is 19.8 Å². The van der Waals surface area contributed by atoms with Gasteiger partial charge in [-0.2, -0.15) is 4.98 Å². The molecule has 0 radical (unpaired) electrons. The van der Waals surface area contributed by atoms with Crippen molar-refractivity contribution in [1.29, 1.82) is 0 Å². The number of hydrogen-bond donors (Lipinski definition) is 0. The highest BCUT2D eigenvalue weighted by atomic mass is 35.5. The van der Waals surface area contributed by atoms with Crippen LogP contribution in [0.4, 0.5) is 0 Å². The first-order valence-electron chi connectivity index (χ1n) is 6.63. The van der Waals surface area contributed by atoms with Gasteiger partial charge in [-0.05, 0) is 31.2 Å². The molecule has 1 aliphatic rings. The Balaban J connectivity index is 1.71. The Labute approximate surface area is 122 Å². The molecule has 2 heterocycles. The van der Waals surface area contributed by atoms with E-state index in [0.717, 1.165) is 25.3 Å². The third-order valence-corrected chi connectivity index (χ3v) is 3.66. The van der Waals surface area contributed by atoms with Gasteiger partial charge in [-0.3, -0.25) is 4.90 Å². The molecule has 0 aliphatic carbocycles. The van der Waals surface area contributed by atoms with Gasteiger partial charge in [0.25, 0.3) is 5.89 Å². The molecule has 0 spiro atoms. The van der Waals surface area contributed by atoms with Crippen LogP contribution >= 0.6 is 11.6 Å². The number of rotatable bonds is 3. The molecule has 1 saturated heterocycles. The molecule has 1 fully saturated rings. The average molecular weight is 294 g/mol. The third-order valence-electron chi connectivity index (χ3n) is 3.41. The third kappa shape index (κ3) is 3.00. The molecule has 0 saturated carbocycles. The Morgan fingerprint density at radius 3 is 2.90 bits per heavy atom. The predicted molar refractivity (Wildman–Crippen MR) is 75.4 cm³/mol. The SMILES string of the molecule is C[C@H]1COCCN1Cc1noc(-c2ccc(Cl)cc2)n1. The summed E-state index contributed by atoms with van der Waals surface area (Å²) < 4.78 is 10.7. The fraction of sp³-hybridized carbons (Fsp3) is 0.429. The highest BCUT2D eigenvalue weighted by molar-refractivity contribution is 6.30. The van der Waals surface area contributed by atoms with Crippen LogP contribution < -0.4 is 0 Å². The van der Waals surface area contributed by atoms with Crippen LogP contribution in [0.1, 0.15) is 12.7 Å². The Hall–Kier alpha value is -1.43. The van der Waals surface area contributed by atoms with E-state index in [9.17, 15) is 0 Å². The molecule has 1 atom stereocenters. The molecule has 0 amide bonds. The van der Waals surface area contributed by atoms with E-state index in [-0.39, 0.29) is 0 Å². The molecular weight excluding hydrogens is 278 g/mol. The Kier molecular flexibility index (Phi) is 4.00. The van der Waals surface area contributed by atoms with Crippen molar-refractivity contribution in [2.24, 2.45) is 0 Å². The molecule has 1 aromatic carbocycles. The minimum absolute atomic E-state index is 0.376. The van der Waals surface area contributed by atoms with E-state index in [1.165, 1.54) is 0 Å². The number of benzene rings is 1. The summed E-state index contributed by atoms with van der Waals surface area (Å²) in [7, 11) is 0. The van der Waals surface area contributed by atoms with Gasteiger partial charge in [-0.25, -0.2) is 0 Å². The summed E-state index contributed by atoms with van der Waals surface area (Å²) in [6.07, 6.45) is 0. The van der Waals surface area contributed by atoms with Crippen molar-refractivity contribution < 1.29 is 9.26 Å². The number of nitrogens with zero attached hydrogens (tertiary/aromatic N) is 3. The fourth-order valence-corrected chi connectivity index (χ4v) is 2.33. The highest BCUT2D eigenvalue weighted by Gasteiger charge is 2.21. The smallest absolute Gasteiger partial charge is 0.257 e. The first-order valence-corrected chi connectivity index (χ1v) is 7.00. The van der Waals surface area contributed by atoms with Crippen molar-refractivity contribution >= 4 is 11.6 Å². The Bertz CT molecular complexity index is 570. The summed E-state index contributed by atoms with van der Waals surface area (Å²) in [6.45, 7) is 5.22. The van der Waals surface area contributed by atoms with Crippen molar-refractivity contribution in [3.05, 3.63) is 35.1 Å². The maximum atomic E-state index is 5.86. The van der Waals surface area contributed by atoms with E-state index >= 15 is 0 Å². The summed E-state index contributed by atoms with van der Waals surface area (Å²) >= 11 is 5.86. The summed E-state index contributed by atoms with van der Waals surface area (Å²) in [5.41, 5.74) is 0.878. The fourth-order valence-electron chi connectivity index (χ4n) is 2.21. The van der Waals surface area contributed by atoms with Crippen molar-refractivity contribution in [1.82, 2.24) is 15.0 Å².